The van der Waals surface area contributed by atoms with Gasteiger partial charge in [0, 0.05) is 24.3 Å². The quantitative estimate of drug-likeness (QED) is 0.668. The smallest absolute Gasteiger partial charge is 0.327 e. The van der Waals surface area contributed by atoms with E-state index < -0.39 is 5.82 Å². The van der Waals surface area contributed by atoms with Crippen molar-refractivity contribution in [3.05, 3.63) is 46.8 Å². The molecule has 0 saturated heterocycles. The minimum atomic E-state index is -0.454. The fraction of sp³-hybridized carbons (Fsp3) is 0.294. The number of hydrogen-bond acceptors (Lipinski definition) is 5. The van der Waals surface area contributed by atoms with Crippen molar-refractivity contribution < 1.29 is 14.0 Å². The van der Waals surface area contributed by atoms with Gasteiger partial charge < -0.3 is 9.57 Å². The number of benzene rings is 1. The van der Waals surface area contributed by atoms with Crippen molar-refractivity contribution in [2.24, 2.45) is 0 Å². The number of methoxy groups -OCH3 is 1. The predicted octanol–water partition coefficient (Wildman–Crippen LogP) is 2.08. The summed E-state index contributed by atoms with van der Waals surface area (Å²) in [6.07, 6.45) is 1.60. The summed E-state index contributed by atoms with van der Waals surface area (Å²) in [7, 11) is 2.94. The average Bonchev–Trinajstić information content (AvgIpc) is 2.90. The second-order valence-electron chi connectivity index (χ2n) is 5.70. The number of aromatic nitrogens is 3. The maximum Gasteiger partial charge on any atom is 0.327 e. The first-order valence-electron chi connectivity index (χ1n) is 7.74. The van der Waals surface area contributed by atoms with Crippen LogP contribution >= 0.6 is 0 Å². The van der Waals surface area contributed by atoms with E-state index in [2.05, 4.69) is 15.4 Å². The minimum Gasteiger partial charge on any atom is -0.494 e. The number of pyridine rings is 1. The number of aromatic amines is 1. The molecule has 0 bridgehead atoms. The summed E-state index contributed by atoms with van der Waals surface area (Å²) in [6.45, 7) is 2.29. The van der Waals surface area contributed by atoms with Gasteiger partial charge in [0.2, 0.25) is 0 Å². The Bertz CT molecular complexity index is 951. The van der Waals surface area contributed by atoms with Gasteiger partial charge >= 0.3 is 5.69 Å². The summed E-state index contributed by atoms with van der Waals surface area (Å²) in [4.78, 5) is 24.1. The van der Waals surface area contributed by atoms with Crippen molar-refractivity contribution in [1.29, 1.82) is 0 Å². The van der Waals surface area contributed by atoms with Crippen molar-refractivity contribution in [1.82, 2.24) is 20.0 Å². The van der Waals surface area contributed by atoms with Crippen molar-refractivity contribution in [2.75, 3.05) is 14.2 Å². The number of hydrogen-bond donors (Lipinski definition) is 2. The number of nitrogens with zero attached hydrogens (tertiary/aromatic N) is 2. The molecule has 7 nitrogen and oxygen atoms in total. The molecule has 8 heteroatoms. The molecule has 0 saturated carbocycles. The standard InChI is InChI=1S/C17H19FN4O3/c1-10(21-25-3)9-22-14-7-12(8-19-16(14)20-17(22)23)11-4-5-15(24-2)13(18)6-11/h4-8,10,21H,9H2,1-3H3,(H,19,20,23). The maximum atomic E-state index is 14.0. The highest BCUT2D eigenvalue weighted by molar-refractivity contribution is 5.78. The largest absolute Gasteiger partial charge is 0.494 e. The lowest BCUT2D eigenvalue weighted by Gasteiger charge is -2.12. The summed E-state index contributed by atoms with van der Waals surface area (Å²) in [5.74, 6) is -0.278. The van der Waals surface area contributed by atoms with Gasteiger partial charge in [-0.15, -0.1) is 0 Å². The number of nitrogens with one attached hydrogen (secondary N) is 2. The van der Waals surface area contributed by atoms with Crippen LogP contribution in [-0.2, 0) is 11.4 Å². The number of hydroxylamine groups is 1. The predicted molar refractivity (Wildman–Crippen MR) is 91.9 cm³/mol. The average molecular weight is 346 g/mol. The van der Waals surface area contributed by atoms with E-state index >= 15 is 0 Å². The third-order valence-electron chi connectivity index (χ3n) is 3.89. The normalized spacial score (nSPS) is 12.5. The second kappa shape index (κ2) is 7.04. The van der Waals surface area contributed by atoms with Gasteiger partial charge in [-0.1, -0.05) is 6.07 Å². The molecule has 0 aliphatic heterocycles. The zero-order valence-electron chi connectivity index (χ0n) is 14.2. The fourth-order valence-corrected chi connectivity index (χ4v) is 2.73. The Morgan fingerprint density at radius 3 is 2.80 bits per heavy atom. The monoisotopic (exact) mass is 346 g/mol. The van der Waals surface area contributed by atoms with Gasteiger partial charge in [0.1, 0.15) is 0 Å². The van der Waals surface area contributed by atoms with Crippen molar-refractivity contribution in [3.63, 3.8) is 0 Å². The van der Waals surface area contributed by atoms with Gasteiger partial charge in [-0.25, -0.2) is 14.2 Å². The third kappa shape index (κ3) is 3.40. The lowest BCUT2D eigenvalue weighted by atomic mass is 10.1. The van der Waals surface area contributed by atoms with E-state index in [-0.39, 0.29) is 17.5 Å². The van der Waals surface area contributed by atoms with E-state index in [1.807, 2.05) is 6.92 Å². The summed E-state index contributed by atoms with van der Waals surface area (Å²) < 4.78 is 20.5. The Balaban J connectivity index is 2.04. The highest BCUT2D eigenvalue weighted by Crippen LogP contribution is 2.26. The number of fused-ring (bicyclic) bond motifs is 1. The molecule has 3 rings (SSSR count). The summed E-state index contributed by atoms with van der Waals surface area (Å²) >= 11 is 0. The Hall–Kier alpha value is -2.71. The van der Waals surface area contributed by atoms with E-state index in [0.717, 1.165) is 0 Å². The molecule has 1 atom stereocenters. The van der Waals surface area contributed by atoms with Gasteiger partial charge in [0.05, 0.1) is 19.7 Å². The molecule has 132 valence electrons. The van der Waals surface area contributed by atoms with Crippen molar-refractivity contribution >= 4 is 11.2 Å². The summed E-state index contributed by atoms with van der Waals surface area (Å²) in [5.41, 5.74) is 5.00. The van der Waals surface area contributed by atoms with Crippen LogP contribution in [-0.4, -0.2) is 34.8 Å². The zero-order valence-corrected chi connectivity index (χ0v) is 14.2. The number of ether oxygens (including phenoxy) is 1. The molecule has 0 aliphatic carbocycles. The third-order valence-corrected chi connectivity index (χ3v) is 3.89. The lowest BCUT2D eigenvalue weighted by molar-refractivity contribution is 0.0611. The van der Waals surface area contributed by atoms with Crippen molar-refractivity contribution in [3.8, 4) is 16.9 Å². The van der Waals surface area contributed by atoms with E-state index in [4.69, 9.17) is 9.57 Å². The topological polar surface area (TPSA) is 81.2 Å². The van der Waals surface area contributed by atoms with Crippen LogP contribution in [0.15, 0.2) is 35.3 Å². The van der Waals surface area contributed by atoms with Gasteiger partial charge in [-0.05, 0) is 30.7 Å². The molecule has 0 radical (unpaired) electrons. The molecule has 1 aromatic carbocycles. The Morgan fingerprint density at radius 2 is 2.12 bits per heavy atom. The fourth-order valence-electron chi connectivity index (χ4n) is 2.73. The van der Waals surface area contributed by atoms with Crippen LogP contribution in [0.5, 0.6) is 5.75 Å². The van der Waals surface area contributed by atoms with Crippen LogP contribution in [0.2, 0.25) is 0 Å². The zero-order chi connectivity index (χ0) is 18.0. The number of halogens is 1. The Kier molecular flexibility index (Phi) is 4.82. The molecule has 2 heterocycles. The van der Waals surface area contributed by atoms with Gasteiger partial charge in [-0.2, -0.15) is 5.48 Å². The first kappa shape index (κ1) is 17.1. The van der Waals surface area contributed by atoms with E-state index in [1.54, 1.807) is 29.0 Å². The van der Waals surface area contributed by atoms with E-state index in [9.17, 15) is 9.18 Å². The van der Waals surface area contributed by atoms with Crippen LogP contribution in [0.25, 0.3) is 22.3 Å². The second-order valence-corrected chi connectivity index (χ2v) is 5.70. The van der Waals surface area contributed by atoms with E-state index in [1.165, 1.54) is 20.3 Å². The molecular weight excluding hydrogens is 327 g/mol. The molecule has 3 aromatic rings. The molecule has 0 amide bonds. The molecule has 25 heavy (non-hydrogen) atoms. The lowest BCUT2D eigenvalue weighted by Crippen LogP contribution is -2.32. The molecular formula is C17H19FN4O3. The SMILES string of the molecule is CONC(C)Cn1c(=O)[nH]c2ncc(-c3ccc(OC)c(F)c3)cc21. The molecule has 0 aliphatic rings. The number of imidazole rings is 1. The number of rotatable bonds is 6. The Morgan fingerprint density at radius 1 is 1.32 bits per heavy atom. The van der Waals surface area contributed by atoms with Gasteiger partial charge in [0.15, 0.2) is 17.2 Å². The van der Waals surface area contributed by atoms with Crippen LogP contribution < -0.4 is 15.9 Å². The van der Waals surface area contributed by atoms with Gasteiger partial charge in [0.25, 0.3) is 0 Å². The van der Waals surface area contributed by atoms with Gasteiger partial charge in [-0.3, -0.25) is 9.55 Å². The molecule has 0 spiro atoms. The van der Waals surface area contributed by atoms with Crippen LogP contribution in [0.1, 0.15) is 6.92 Å². The molecule has 0 fully saturated rings. The van der Waals surface area contributed by atoms with E-state index in [0.29, 0.717) is 28.8 Å². The molecule has 1 unspecified atom stereocenters. The summed E-state index contributed by atoms with van der Waals surface area (Å²) in [6, 6.07) is 6.41. The maximum absolute atomic E-state index is 14.0. The van der Waals surface area contributed by atoms with Crippen LogP contribution in [0.4, 0.5) is 4.39 Å². The van der Waals surface area contributed by atoms with Crippen LogP contribution in [0.3, 0.4) is 0 Å². The number of H-pyrrole nitrogens is 1. The van der Waals surface area contributed by atoms with Crippen molar-refractivity contribution in [2.45, 2.75) is 19.5 Å². The first-order valence-corrected chi connectivity index (χ1v) is 7.74. The molecule has 2 aromatic heterocycles. The van der Waals surface area contributed by atoms with Crippen LogP contribution in [0, 0.1) is 5.82 Å². The highest BCUT2D eigenvalue weighted by atomic mass is 19.1. The first-order chi connectivity index (χ1) is 12.0. The minimum absolute atomic E-state index is 0.0798. The highest BCUT2D eigenvalue weighted by Gasteiger charge is 2.13. The Labute approximate surface area is 143 Å². The summed E-state index contributed by atoms with van der Waals surface area (Å²) in [5, 5.41) is 0. The molecule has 2 N–H and O–H groups in total.